The number of nitrogens with zero attached hydrogens (tertiary/aromatic N) is 3. The first-order valence-electron chi connectivity index (χ1n) is 8.35. The Bertz CT molecular complexity index is 721. The Morgan fingerprint density at radius 2 is 2.26 bits per heavy atom. The van der Waals surface area contributed by atoms with Crippen LogP contribution in [0.5, 0.6) is 0 Å². The van der Waals surface area contributed by atoms with Gasteiger partial charge in [-0.2, -0.15) is 5.10 Å². The lowest BCUT2D eigenvalue weighted by Gasteiger charge is -2.28. The number of pyridine rings is 1. The van der Waals surface area contributed by atoms with Crippen molar-refractivity contribution in [2.75, 3.05) is 6.54 Å². The van der Waals surface area contributed by atoms with Crippen molar-refractivity contribution in [1.82, 2.24) is 25.4 Å². The van der Waals surface area contributed by atoms with E-state index in [1.165, 1.54) is 0 Å². The Morgan fingerprint density at radius 1 is 1.48 bits per heavy atom. The van der Waals surface area contributed by atoms with E-state index in [1.807, 2.05) is 17.7 Å². The topological polar surface area (TPSA) is 71.8 Å². The maximum Gasteiger partial charge on any atom is 0.253 e. The monoisotopic (exact) mass is 315 g/mol. The van der Waals surface area contributed by atoms with Crippen LogP contribution in [0, 0.1) is 6.92 Å². The molecule has 3 rings (SSSR count). The second-order valence-electron chi connectivity index (χ2n) is 6.77. The maximum absolute atomic E-state index is 12.6. The quantitative estimate of drug-likeness (QED) is 0.911. The molecule has 0 bridgehead atoms. The van der Waals surface area contributed by atoms with Crippen molar-refractivity contribution in [2.24, 2.45) is 0 Å². The van der Waals surface area contributed by atoms with E-state index in [1.54, 1.807) is 6.20 Å². The molecule has 2 aromatic heterocycles. The van der Waals surface area contributed by atoms with Gasteiger partial charge in [0.25, 0.3) is 5.91 Å². The summed E-state index contributed by atoms with van der Waals surface area (Å²) in [5.74, 6) is -0.0340. The van der Waals surface area contributed by atoms with Gasteiger partial charge in [-0.05, 0) is 53.1 Å². The van der Waals surface area contributed by atoms with E-state index >= 15 is 0 Å². The van der Waals surface area contributed by atoms with E-state index < -0.39 is 0 Å². The van der Waals surface area contributed by atoms with Crippen molar-refractivity contribution in [3.8, 4) is 0 Å². The van der Waals surface area contributed by atoms with Gasteiger partial charge in [-0.3, -0.25) is 4.79 Å². The first-order chi connectivity index (χ1) is 11.0. The second kappa shape index (κ2) is 6.28. The van der Waals surface area contributed by atoms with Crippen LogP contribution in [0.3, 0.4) is 0 Å². The minimum Gasteiger partial charge on any atom is -0.349 e. The number of aromatic nitrogens is 3. The molecule has 1 aliphatic rings. The van der Waals surface area contributed by atoms with Crippen molar-refractivity contribution in [3.63, 3.8) is 0 Å². The Balaban J connectivity index is 1.84. The van der Waals surface area contributed by atoms with Crippen LogP contribution in [0.25, 0.3) is 11.0 Å². The fraction of sp³-hybridized carbons (Fsp3) is 0.588. The molecule has 6 nitrogen and oxygen atoms in total. The molecule has 124 valence electrons. The minimum atomic E-state index is -0.0340. The number of rotatable bonds is 3. The van der Waals surface area contributed by atoms with Crippen molar-refractivity contribution in [3.05, 3.63) is 23.5 Å². The minimum absolute atomic E-state index is 0.0340. The molecule has 3 heterocycles. The van der Waals surface area contributed by atoms with E-state index in [0.29, 0.717) is 11.6 Å². The third kappa shape index (κ3) is 3.22. The summed E-state index contributed by atoms with van der Waals surface area (Å²) in [4.78, 5) is 17.2. The fourth-order valence-corrected chi connectivity index (χ4v) is 3.20. The summed E-state index contributed by atoms with van der Waals surface area (Å²) in [7, 11) is 0. The average molecular weight is 315 g/mol. The first kappa shape index (κ1) is 15.9. The molecule has 1 fully saturated rings. The van der Waals surface area contributed by atoms with Gasteiger partial charge in [-0.1, -0.05) is 0 Å². The molecule has 0 aliphatic carbocycles. The van der Waals surface area contributed by atoms with Crippen LogP contribution in [0.2, 0.25) is 0 Å². The van der Waals surface area contributed by atoms with Gasteiger partial charge in [0.05, 0.1) is 17.5 Å². The van der Waals surface area contributed by atoms with Gasteiger partial charge in [-0.15, -0.1) is 0 Å². The predicted molar refractivity (Wildman–Crippen MR) is 90.6 cm³/mol. The fourth-order valence-electron chi connectivity index (χ4n) is 3.20. The molecule has 23 heavy (non-hydrogen) atoms. The Hall–Kier alpha value is -1.95. The predicted octanol–water partition coefficient (Wildman–Crippen LogP) is 2.19. The standard InChI is InChI=1S/C17H25N5O/c1-10(2)22-16-13(9-19-22)8-15(12(4)20-16)17(23)21-14-5-6-18-11(3)7-14/h8-11,14,18H,5-7H2,1-4H3,(H,21,23). The SMILES string of the molecule is Cc1nc2c(cnn2C(C)C)cc1C(=O)NC1CCNC(C)C1. The van der Waals surface area contributed by atoms with Crippen LogP contribution in [0.15, 0.2) is 12.3 Å². The zero-order chi connectivity index (χ0) is 16.6. The second-order valence-corrected chi connectivity index (χ2v) is 6.77. The highest BCUT2D eigenvalue weighted by Gasteiger charge is 2.22. The van der Waals surface area contributed by atoms with E-state index in [-0.39, 0.29) is 18.0 Å². The molecule has 2 N–H and O–H groups in total. The third-order valence-corrected chi connectivity index (χ3v) is 4.45. The van der Waals surface area contributed by atoms with Crippen molar-refractivity contribution >= 4 is 16.9 Å². The van der Waals surface area contributed by atoms with Crippen molar-refractivity contribution in [2.45, 2.75) is 58.7 Å². The normalized spacial score (nSPS) is 21.8. The molecule has 1 aliphatic heterocycles. The smallest absolute Gasteiger partial charge is 0.253 e. The lowest BCUT2D eigenvalue weighted by atomic mass is 10.00. The summed E-state index contributed by atoms with van der Waals surface area (Å²) in [6.07, 6.45) is 3.72. The van der Waals surface area contributed by atoms with E-state index in [0.717, 1.165) is 36.1 Å². The summed E-state index contributed by atoms with van der Waals surface area (Å²) in [6.45, 7) is 9.13. The summed E-state index contributed by atoms with van der Waals surface area (Å²) in [6, 6.07) is 2.83. The van der Waals surface area contributed by atoms with Crippen LogP contribution in [0.1, 0.15) is 55.7 Å². The van der Waals surface area contributed by atoms with Crippen molar-refractivity contribution < 1.29 is 4.79 Å². The number of hydrogen-bond acceptors (Lipinski definition) is 4. The Morgan fingerprint density at radius 3 is 2.96 bits per heavy atom. The van der Waals surface area contributed by atoms with Gasteiger partial charge >= 0.3 is 0 Å². The zero-order valence-electron chi connectivity index (χ0n) is 14.3. The van der Waals surface area contributed by atoms with Crippen LogP contribution >= 0.6 is 0 Å². The Kier molecular flexibility index (Phi) is 4.35. The van der Waals surface area contributed by atoms with Gasteiger partial charge in [0.1, 0.15) is 0 Å². The first-order valence-corrected chi connectivity index (χ1v) is 8.35. The van der Waals surface area contributed by atoms with Crippen LogP contribution in [-0.4, -0.2) is 39.3 Å². The number of aryl methyl sites for hydroxylation is 1. The summed E-state index contributed by atoms with van der Waals surface area (Å²) in [5.41, 5.74) is 2.23. The number of piperidine rings is 1. The van der Waals surface area contributed by atoms with E-state index in [2.05, 4.69) is 41.5 Å². The molecule has 6 heteroatoms. The van der Waals surface area contributed by atoms with Gasteiger partial charge in [-0.25, -0.2) is 9.67 Å². The highest BCUT2D eigenvalue weighted by molar-refractivity contribution is 5.98. The van der Waals surface area contributed by atoms with Gasteiger partial charge in [0.2, 0.25) is 0 Å². The molecule has 0 radical (unpaired) electrons. The van der Waals surface area contributed by atoms with Gasteiger partial charge in [0, 0.05) is 23.5 Å². The lowest BCUT2D eigenvalue weighted by Crippen LogP contribution is -2.46. The average Bonchev–Trinajstić information content (AvgIpc) is 2.89. The maximum atomic E-state index is 12.6. The molecule has 1 saturated heterocycles. The molecule has 2 aromatic rings. The summed E-state index contributed by atoms with van der Waals surface area (Å²) >= 11 is 0. The summed E-state index contributed by atoms with van der Waals surface area (Å²) < 4.78 is 1.89. The molecule has 2 atom stereocenters. The van der Waals surface area contributed by atoms with E-state index in [4.69, 9.17) is 0 Å². The largest absolute Gasteiger partial charge is 0.349 e. The molecule has 2 unspecified atom stereocenters. The molecule has 0 saturated carbocycles. The van der Waals surface area contributed by atoms with E-state index in [9.17, 15) is 4.79 Å². The lowest BCUT2D eigenvalue weighted by molar-refractivity contribution is 0.0925. The number of amides is 1. The van der Waals surface area contributed by atoms with Crippen molar-refractivity contribution in [1.29, 1.82) is 0 Å². The van der Waals surface area contributed by atoms with Gasteiger partial charge in [0.15, 0.2) is 5.65 Å². The number of hydrogen-bond donors (Lipinski definition) is 2. The molecule has 1 amide bonds. The zero-order valence-corrected chi connectivity index (χ0v) is 14.3. The highest BCUT2D eigenvalue weighted by Crippen LogP contribution is 2.20. The molecule has 0 spiro atoms. The van der Waals surface area contributed by atoms with Crippen LogP contribution < -0.4 is 10.6 Å². The molecular weight excluding hydrogens is 290 g/mol. The molecule has 0 aromatic carbocycles. The van der Waals surface area contributed by atoms with Crippen LogP contribution in [0.4, 0.5) is 0 Å². The molecular formula is C17H25N5O. The summed E-state index contributed by atoms with van der Waals surface area (Å²) in [5, 5.41) is 11.8. The third-order valence-electron chi connectivity index (χ3n) is 4.45. The number of carbonyl (C=O) groups excluding carboxylic acids is 1. The Labute approximate surface area is 136 Å². The highest BCUT2D eigenvalue weighted by atomic mass is 16.1. The van der Waals surface area contributed by atoms with Gasteiger partial charge < -0.3 is 10.6 Å². The van der Waals surface area contributed by atoms with Crippen LogP contribution in [-0.2, 0) is 0 Å². The number of fused-ring (bicyclic) bond motifs is 1. The number of carbonyl (C=O) groups is 1. The number of nitrogens with one attached hydrogen (secondary N) is 2.